The average Bonchev–Trinajstić information content (AvgIpc) is 3.23. The third-order valence-electron chi connectivity index (χ3n) is 4.99. The Kier molecular flexibility index (Phi) is 5.04. The van der Waals surface area contributed by atoms with Crippen LogP contribution in [0.15, 0.2) is 46.0 Å². The van der Waals surface area contributed by atoms with Gasteiger partial charge >= 0.3 is 0 Å². The van der Waals surface area contributed by atoms with Gasteiger partial charge in [0.05, 0.1) is 17.1 Å². The molecule has 1 fully saturated rings. The highest BCUT2D eigenvalue weighted by atomic mass is 32.2. The van der Waals surface area contributed by atoms with E-state index in [9.17, 15) is 13.7 Å². The monoisotopic (exact) mass is 412 g/mol. The molecule has 2 aromatic heterocycles. The highest BCUT2D eigenvalue weighted by Gasteiger charge is 2.36. The van der Waals surface area contributed by atoms with Crippen LogP contribution in [-0.2, 0) is 9.84 Å². The summed E-state index contributed by atoms with van der Waals surface area (Å²) < 4.78 is 26.5. The Morgan fingerprint density at radius 2 is 1.96 bits per heavy atom. The van der Waals surface area contributed by atoms with Gasteiger partial charge in [-0.1, -0.05) is 25.1 Å². The number of hydrogen-bond donors (Lipinski definition) is 0. The minimum absolute atomic E-state index is 0.173. The van der Waals surface area contributed by atoms with Crippen LogP contribution in [0.3, 0.4) is 0 Å². The quantitative estimate of drug-likeness (QED) is 0.644. The van der Waals surface area contributed by atoms with Crippen molar-refractivity contribution < 1.29 is 8.42 Å². The fraction of sp³-hybridized carbons (Fsp3) is 0.350. The van der Waals surface area contributed by atoms with Crippen molar-refractivity contribution in [3.05, 3.63) is 47.5 Å². The molecule has 0 N–H and O–H groups in total. The Bertz CT molecular complexity index is 1140. The molecule has 6 nitrogen and oxygen atoms in total. The van der Waals surface area contributed by atoms with E-state index in [-0.39, 0.29) is 9.90 Å². The first-order valence-electron chi connectivity index (χ1n) is 9.19. The number of thiophene rings is 1. The van der Waals surface area contributed by atoms with Gasteiger partial charge < -0.3 is 4.90 Å². The van der Waals surface area contributed by atoms with Crippen molar-refractivity contribution in [3.8, 4) is 6.07 Å². The summed E-state index contributed by atoms with van der Waals surface area (Å²) in [4.78, 5) is 11.5. The topological polar surface area (TPSA) is 86.9 Å². The number of anilines is 1. The van der Waals surface area contributed by atoms with Crippen molar-refractivity contribution in [2.45, 2.75) is 29.2 Å². The van der Waals surface area contributed by atoms with Crippen LogP contribution in [-0.4, -0.2) is 31.5 Å². The SMILES string of the molecule is C[C@@H]1CCCN(c2nc3ccccc3nc2[C@@H](C#N)S(=O)(=O)c2cccs2)C1. The van der Waals surface area contributed by atoms with Crippen molar-refractivity contribution in [1.82, 2.24) is 9.97 Å². The molecule has 1 saturated heterocycles. The number of benzene rings is 1. The van der Waals surface area contributed by atoms with Crippen LogP contribution < -0.4 is 4.90 Å². The van der Waals surface area contributed by atoms with Gasteiger partial charge in [-0.15, -0.1) is 11.3 Å². The third-order valence-corrected chi connectivity index (χ3v) is 8.28. The molecule has 4 rings (SSSR count). The van der Waals surface area contributed by atoms with Gasteiger partial charge in [-0.2, -0.15) is 5.26 Å². The van der Waals surface area contributed by atoms with E-state index in [1.54, 1.807) is 17.5 Å². The van der Waals surface area contributed by atoms with Crippen molar-refractivity contribution in [1.29, 1.82) is 5.26 Å². The summed E-state index contributed by atoms with van der Waals surface area (Å²) in [6.07, 6.45) is 2.13. The summed E-state index contributed by atoms with van der Waals surface area (Å²) in [5, 5.41) is 10.2. The number of para-hydroxylation sites is 2. The van der Waals surface area contributed by atoms with E-state index >= 15 is 0 Å². The second-order valence-corrected chi connectivity index (χ2v) is 10.3. The molecule has 1 aliphatic rings. The number of nitriles is 1. The molecule has 0 saturated carbocycles. The first kappa shape index (κ1) is 18.8. The summed E-state index contributed by atoms with van der Waals surface area (Å²) in [5.74, 6) is 0.987. The number of nitrogens with zero attached hydrogens (tertiary/aromatic N) is 4. The first-order valence-corrected chi connectivity index (χ1v) is 11.6. The molecule has 0 spiro atoms. The lowest BCUT2D eigenvalue weighted by atomic mass is 10.00. The molecule has 0 aliphatic carbocycles. The molecular formula is C20H20N4O2S2. The predicted molar refractivity (Wildman–Crippen MR) is 110 cm³/mol. The summed E-state index contributed by atoms with van der Waals surface area (Å²) >= 11 is 1.11. The van der Waals surface area contributed by atoms with Crippen LogP contribution >= 0.6 is 11.3 Å². The second-order valence-electron chi connectivity index (χ2n) is 7.10. The van der Waals surface area contributed by atoms with Gasteiger partial charge in [-0.05, 0) is 42.3 Å². The molecule has 1 aliphatic heterocycles. The van der Waals surface area contributed by atoms with Gasteiger partial charge in [0.2, 0.25) is 9.84 Å². The molecule has 8 heteroatoms. The Morgan fingerprint density at radius 3 is 2.61 bits per heavy atom. The van der Waals surface area contributed by atoms with Gasteiger partial charge in [0, 0.05) is 13.1 Å². The van der Waals surface area contributed by atoms with E-state index in [0.29, 0.717) is 22.8 Å². The Hall–Kier alpha value is -2.50. The molecule has 0 unspecified atom stereocenters. The lowest BCUT2D eigenvalue weighted by Crippen LogP contribution is -2.36. The van der Waals surface area contributed by atoms with Gasteiger partial charge in [0.15, 0.2) is 11.1 Å². The van der Waals surface area contributed by atoms with Gasteiger partial charge in [0.25, 0.3) is 0 Å². The standard InChI is InChI=1S/C20H20N4O2S2/c1-14-6-4-10-24(13-14)20-19(22-15-7-2-3-8-16(15)23-20)17(12-21)28(25,26)18-9-5-11-27-18/h2-3,5,7-9,11,14,17H,4,6,10,13H2,1H3/t14-,17-/m1/s1. The number of hydrogen-bond acceptors (Lipinski definition) is 7. The van der Waals surface area contributed by atoms with E-state index in [2.05, 4.69) is 16.8 Å². The maximum Gasteiger partial charge on any atom is 0.209 e. The minimum Gasteiger partial charge on any atom is -0.355 e. The second kappa shape index (κ2) is 7.49. The lowest BCUT2D eigenvalue weighted by molar-refractivity contribution is 0.444. The number of aromatic nitrogens is 2. The smallest absolute Gasteiger partial charge is 0.209 e. The van der Waals surface area contributed by atoms with Gasteiger partial charge in [-0.3, -0.25) is 0 Å². The molecule has 2 atom stereocenters. The van der Waals surface area contributed by atoms with Gasteiger partial charge in [0.1, 0.15) is 9.90 Å². The Labute approximate surface area is 168 Å². The Morgan fingerprint density at radius 1 is 1.21 bits per heavy atom. The Balaban J connectivity index is 1.91. The predicted octanol–water partition coefficient (Wildman–Crippen LogP) is 3.97. The summed E-state index contributed by atoms with van der Waals surface area (Å²) in [6.45, 7) is 3.73. The van der Waals surface area contributed by atoms with Crippen LogP contribution in [0.2, 0.25) is 0 Å². The molecule has 0 radical (unpaired) electrons. The number of fused-ring (bicyclic) bond motifs is 1. The lowest BCUT2D eigenvalue weighted by Gasteiger charge is -2.33. The van der Waals surface area contributed by atoms with Gasteiger partial charge in [-0.25, -0.2) is 18.4 Å². The summed E-state index contributed by atoms with van der Waals surface area (Å²) in [5.41, 5.74) is 1.52. The van der Waals surface area contributed by atoms with E-state index in [1.807, 2.05) is 24.3 Å². The molecule has 144 valence electrons. The normalized spacial score (nSPS) is 18.7. The van der Waals surface area contributed by atoms with Crippen LogP contribution in [0, 0.1) is 17.2 Å². The van der Waals surface area contributed by atoms with Crippen LogP contribution in [0.1, 0.15) is 30.7 Å². The fourth-order valence-corrected chi connectivity index (χ4v) is 6.15. The summed E-state index contributed by atoms with van der Waals surface area (Å²) in [6, 6.07) is 12.6. The molecule has 0 amide bonds. The molecule has 3 heterocycles. The minimum atomic E-state index is -3.88. The zero-order valence-corrected chi connectivity index (χ0v) is 17.1. The van der Waals surface area contributed by atoms with Crippen molar-refractivity contribution >= 4 is 38.0 Å². The number of sulfone groups is 1. The van der Waals surface area contributed by atoms with Crippen LogP contribution in [0.25, 0.3) is 11.0 Å². The summed E-state index contributed by atoms with van der Waals surface area (Å²) in [7, 11) is -3.88. The van der Waals surface area contributed by atoms with E-state index in [4.69, 9.17) is 4.98 Å². The molecule has 28 heavy (non-hydrogen) atoms. The molecule has 1 aromatic carbocycles. The van der Waals surface area contributed by atoms with E-state index in [1.165, 1.54) is 6.07 Å². The van der Waals surface area contributed by atoms with Crippen molar-refractivity contribution in [3.63, 3.8) is 0 Å². The zero-order chi connectivity index (χ0) is 19.7. The van der Waals surface area contributed by atoms with Crippen LogP contribution in [0.4, 0.5) is 5.82 Å². The fourth-order valence-electron chi connectivity index (χ4n) is 3.61. The highest BCUT2D eigenvalue weighted by molar-refractivity contribution is 7.93. The van der Waals surface area contributed by atoms with Crippen molar-refractivity contribution in [2.75, 3.05) is 18.0 Å². The molecule has 0 bridgehead atoms. The third kappa shape index (κ3) is 3.36. The maximum atomic E-state index is 13.2. The highest BCUT2D eigenvalue weighted by Crippen LogP contribution is 2.36. The first-order chi connectivity index (χ1) is 13.5. The van der Waals surface area contributed by atoms with Crippen molar-refractivity contribution in [2.24, 2.45) is 5.92 Å². The maximum absolute atomic E-state index is 13.2. The molecular weight excluding hydrogens is 392 g/mol. The largest absolute Gasteiger partial charge is 0.355 e. The van der Waals surface area contributed by atoms with Crippen LogP contribution in [0.5, 0.6) is 0 Å². The van der Waals surface area contributed by atoms with E-state index in [0.717, 1.165) is 37.3 Å². The molecule has 3 aromatic rings. The number of rotatable bonds is 4. The number of piperidine rings is 1. The average molecular weight is 413 g/mol. The van der Waals surface area contributed by atoms with E-state index < -0.39 is 15.1 Å². The zero-order valence-electron chi connectivity index (χ0n) is 15.4.